The number of ether oxygens (including phenoxy) is 2. The highest BCUT2D eigenvalue weighted by Gasteiger charge is 2.44. The quantitative estimate of drug-likeness (QED) is 0.0582. The number of nitrogens with two attached hydrogens (primary N) is 2. The number of oxime groups is 1. The summed E-state index contributed by atoms with van der Waals surface area (Å²) in [7, 11) is -4.85. The number of hydrogen-bond acceptors (Lipinski definition) is 10. The molecule has 2 aromatic rings. The van der Waals surface area contributed by atoms with Crippen molar-refractivity contribution in [3.63, 3.8) is 0 Å². The summed E-state index contributed by atoms with van der Waals surface area (Å²) >= 11 is 0. The Hall–Kier alpha value is -4.45. The molecule has 0 unspecified atom stereocenters. The first kappa shape index (κ1) is 30.8. The molecule has 0 saturated heterocycles. The van der Waals surface area contributed by atoms with Crippen molar-refractivity contribution in [2.45, 2.75) is 30.0 Å². The van der Waals surface area contributed by atoms with E-state index in [0.29, 0.717) is 12.2 Å². The van der Waals surface area contributed by atoms with Gasteiger partial charge in [0.2, 0.25) is 16.0 Å². The second kappa shape index (κ2) is 13.4. The highest BCUT2D eigenvalue weighted by molar-refractivity contribution is 7.89. The number of hydrogen-bond donors (Lipinski definition) is 3. The average Bonchev–Trinajstić information content (AvgIpc) is 2.85. The Balaban J connectivity index is 2.20. The number of halogens is 3. The monoisotopic (exact) mass is 577 g/mol. The predicted octanol–water partition coefficient (Wildman–Crippen LogP) is 1.09. The summed E-state index contributed by atoms with van der Waals surface area (Å²) in [5, 5.41) is 14.6. The molecular formula is C21H22F3N5O9S. The van der Waals surface area contributed by atoms with Crippen LogP contribution in [0, 0.1) is 10.1 Å². The Labute approximate surface area is 218 Å². The minimum atomic E-state index is -5.54. The van der Waals surface area contributed by atoms with E-state index < -0.39 is 56.1 Å². The van der Waals surface area contributed by atoms with Gasteiger partial charge in [-0.15, -0.1) is 0 Å². The fourth-order valence-corrected chi connectivity index (χ4v) is 4.23. The fourth-order valence-electron chi connectivity index (χ4n) is 2.87. The van der Waals surface area contributed by atoms with Crippen LogP contribution in [0.1, 0.15) is 12.0 Å². The van der Waals surface area contributed by atoms with E-state index in [1.54, 1.807) is 4.72 Å². The molecule has 39 heavy (non-hydrogen) atoms. The van der Waals surface area contributed by atoms with Crippen LogP contribution in [-0.2, 0) is 35.6 Å². The van der Waals surface area contributed by atoms with Crippen LogP contribution in [-0.4, -0.2) is 56.7 Å². The van der Waals surface area contributed by atoms with Crippen molar-refractivity contribution >= 4 is 33.6 Å². The molecule has 0 heterocycles. The van der Waals surface area contributed by atoms with Gasteiger partial charge in [-0.2, -0.15) is 17.9 Å². The van der Waals surface area contributed by atoms with Gasteiger partial charge in [0.05, 0.1) is 11.5 Å². The van der Waals surface area contributed by atoms with E-state index >= 15 is 0 Å². The SMILES string of the molecule is NC(N)=NOCCCOc1ccc(C[C@H](NS(=O)(=O)c2ccccc2[N+](=O)[O-])C(=O)OC(=O)C(F)(F)F)cc1. The third kappa shape index (κ3) is 9.74. The molecule has 0 amide bonds. The molecule has 0 fully saturated rings. The first-order chi connectivity index (χ1) is 18.2. The number of sulfonamides is 1. The minimum Gasteiger partial charge on any atom is -0.493 e. The Kier molecular flexibility index (Phi) is 10.6. The van der Waals surface area contributed by atoms with Gasteiger partial charge in [0.1, 0.15) is 18.4 Å². The largest absolute Gasteiger partial charge is 0.493 e. The normalized spacial score (nSPS) is 12.2. The summed E-state index contributed by atoms with van der Waals surface area (Å²) in [4.78, 5) is 37.7. The van der Waals surface area contributed by atoms with Crippen LogP contribution in [0.5, 0.6) is 5.75 Å². The van der Waals surface area contributed by atoms with Crippen molar-refractivity contribution in [2.24, 2.45) is 16.6 Å². The molecule has 2 aromatic carbocycles. The average molecular weight is 577 g/mol. The number of esters is 2. The lowest BCUT2D eigenvalue weighted by Gasteiger charge is -2.18. The maximum atomic E-state index is 12.8. The van der Waals surface area contributed by atoms with Gasteiger partial charge in [-0.05, 0) is 35.3 Å². The van der Waals surface area contributed by atoms with Gasteiger partial charge in [-0.25, -0.2) is 18.0 Å². The Morgan fingerprint density at radius 3 is 2.31 bits per heavy atom. The summed E-state index contributed by atoms with van der Waals surface area (Å²) in [6.07, 6.45) is -5.73. The number of para-hydroxylation sites is 1. The molecule has 14 nitrogen and oxygen atoms in total. The second-order valence-electron chi connectivity index (χ2n) is 7.50. The van der Waals surface area contributed by atoms with Crippen LogP contribution in [0.3, 0.4) is 0 Å². The van der Waals surface area contributed by atoms with Gasteiger partial charge in [0, 0.05) is 12.5 Å². The zero-order valence-corrected chi connectivity index (χ0v) is 20.6. The maximum Gasteiger partial charge on any atom is 0.491 e. The van der Waals surface area contributed by atoms with Gasteiger partial charge in [-0.3, -0.25) is 10.1 Å². The van der Waals surface area contributed by atoms with Crippen molar-refractivity contribution in [1.82, 2.24) is 4.72 Å². The molecule has 18 heteroatoms. The molecule has 0 aliphatic carbocycles. The highest BCUT2D eigenvalue weighted by atomic mass is 32.2. The van der Waals surface area contributed by atoms with Crippen molar-refractivity contribution in [2.75, 3.05) is 13.2 Å². The molecule has 0 aliphatic heterocycles. The van der Waals surface area contributed by atoms with E-state index in [1.807, 2.05) is 0 Å². The summed E-state index contributed by atoms with van der Waals surface area (Å²) in [6.45, 7) is 0.333. The van der Waals surface area contributed by atoms with Crippen molar-refractivity contribution in [1.29, 1.82) is 0 Å². The van der Waals surface area contributed by atoms with Crippen LogP contribution in [0.15, 0.2) is 58.6 Å². The number of carbonyl (C=O) groups is 2. The van der Waals surface area contributed by atoms with Crippen molar-refractivity contribution in [3.05, 3.63) is 64.2 Å². The predicted molar refractivity (Wildman–Crippen MR) is 126 cm³/mol. The molecular weight excluding hydrogens is 555 g/mol. The standard InChI is InChI=1S/C21H22F3N5O9S/c22-21(23,24)19(31)38-18(30)15(28-39(34,35)17-5-2-1-4-16(17)29(32)33)12-13-6-8-14(9-7-13)36-10-3-11-37-27-20(25)26/h1-2,4-9,15,28H,3,10-12H2,(H4,25,26,27)/t15-/m0/s1. The molecule has 0 bridgehead atoms. The minimum absolute atomic E-state index is 0.149. The Morgan fingerprint density at radius 2 is 1.72 bits per heavy atom. The molecule has 0 saturated carbocycles. The lowest BCUT2D eigenvalue weighted by atomic mass is 10.1. The number of nitrogens with zero attached hydrogens (tertiary/aromatic N) is 2. The van der Waals surface area contributed by atoms with Crippen LogP contribution in [0.2, 0.25) is 0 Å². The van der Waals surface area contributed by atoms with Crippen LogP contribution < -0.4 is 20.9 Å². The second-order valence-corrected chi connectivity index (χ2v) is 9.19. The van der Waals surface area contributed by atoms with Crippen molar-refractivity contribution < 1.29 is 50.4 Å². The number of guanidine groups is 1. The van der Waals surface area contributed by atoms with Gasteiger partial charge < -0.3 is 25.8 Å². The molecule has 5 N–H and O–H groups in total. The zero-order chi connectivity index (χ0) is 29.2. The number of alkyl halides is 3. The van der Waals surface area contributed by atoms with Gasteiger partial charge in [0.25, 0.3) is 5.69 Å². The van der Waals surface area contributed by atoms with Gasteiger partial charge in [0.15, 0.2) is 4.90 Å². The lowest BCUT2D eigenvalue weighted by molar-refractivity contribution is -0.387. The summed E-state index contributed by atoms with van der Waals surface area (Å²) in [5.41, 5.74) is 9.56. The molecule has 0 spiro atoms. The third-order valence-corrected chi connectivity index (χ3v) is 6.06. The smallest absolute Gasteiger partial charge is 0.491 e. The molecule has 1 atom stereocenters. The number of benzene rings is 2. The summed E-state index contributed by atoms with van der Waals surface area (Å²) in [5.74, 6) is -4.65. The first-order valence-corrected chi connectivity index (χ1v) is 12.2. The van der Waals surface area contributed by atoms with Crippen LogP contribution in [0.4, 0.5) is 18.9 Å². The number of nitrogens with one attached hydrogen (secondary N) is 1. The van der Waals surface area contributed by atoms with E-state index in [0.717, 1.165) is 18.2 Å². The number of rotatable bonds is 13. The van der Waals surface area contributed by atoms with E-state index in [1.165, 1.54) is 30.3 Å². The number of nitro groups is 1. The number of carbonyl (C=O) groups excluding carboxylic acids is 2. The van der Waals surface area contributed by atoms with Crippen molar-refractivity contribution in [3.8, 4) is 5.75 Å². The summed E-state index contributed by atoms with van der Waals surface area (Å²) in [6, 6.07) is 7.60. The summed E-state index contributed by atoms with van der Waals surface area (Å²) < 4.78 is 74.6. The Bertz CT molecular complexity index is 1320. The number of nitro benzene ring substituents is 1. The van der Waals surface area contributed by atoms with Crippen LogP contribution >= 0.6 is 0 Å². The fraction of sp³-hybridized carbons (Fsp3) is 0.286. The molecule has 212 valence electrons. The lowest BCUT2D eigenvalue weighted by Crippen LogP contribution is -2.45. The topological polar surface area (TPSA) is 216 Å². The van der Waals surface area contributed by atoms with Gasteiger partial charge >= 0.3 is 18.1 Å². The van der Waals surface area contributed by atoms with Gasteiger partial charge in [-0.1, -0.05) is 24.3 Å². The molecule has 0 aromatic heterocycles. The van der Waals surface area contributed by atoms with E-state index in [4.69, 9.17) is 21.0 Å². The Morgan fingerprint density at radius 1 is 1.08 bits per heavy atom. The van der Waals surface area contributed by atoms with E-state index in [9.17, 15) is 41.3 Å². The molecule has 0 aliphatic rings. The molecule has 0 radical (unpaired) electrons. The van der Waals surface area contributed by atoms with E-state index in [2.05, 4.69) is 9.89 Å². The maximum absolute atomic E-state index is 12.8. The van der Waals surface area contributed by atoms with Crippen LogP contribution in [0.25, 0.3) is 0 Å². The first-order valence-electron chi connectivity index (χ1n) is 10.7. The third-order valence-electron chi connectivity index (χ3n) is 4.54. The highest BCUT2D eigenvalue weighted by Crippen LogP contribution is 2.24. The molecule has 2 rings (SSSR count). The zero-order valence-electron chi connectivity index (χ0n) is 19.8. The van der Waals surface area contributed by atoms with E-state index in [-0.39, 0.29) is 24.7 Å².